The van der Waals surface area contributed by atoms with Crippen molar-refractivity contribution < 1.29 is 23.8 Å². The van der Waals surface area contributed by atoms with E-state index in [4.69, 9.17) is 14.2 Å². The van der Waals surface area contributed by atoms with Crippen molar-refractivity contribution in [1.29, 1.82) is 0 Å². The molecular formula is C26H30N4O7S. The Balaban J connectivity index is 1.64. The van der Waals surface area contributed by atoms with E-state index in [2.05, 4.69) is 5.32 Å². The molecule has 0 bridgehead atoms. The topological polar surface area (TPSA) is 121 Å². The Morgan fingerprint density at radius 1 is 1.18 bits per heavy atom. The van der Waals surface area contributed by atoms with E-state index < -0.39 is 11.2 Å². The van der Waals surface area contributed by atoms with Crippen LogP contribution >= 0.6 is 11.3 Å². The molecule has 2 aliphatic rings. The van der Waals surface area contributed by atoms with Crippen molar-refractivity contribution in [3.05, 3.63) is 49.5 Å². The Labute approximate surface area is 222 Å². The van der Waals surface area contributed by atoms with Gasteiger partial charge in [0.2, 0.25) is 11.8 Å². The number of aromatic nitrogens is 2. The van der Waals surface area contributed by atoms with Crippen LogP contribution in [0.15, 0.2) is 27.8 Å². The SMILES string of the molecule is COc1ccc(-n2c(=O)c3c4c(sc3n(CC(=O)NC[C@@H]3CCCO3)c2=O)CN(C(C)=O)CC4)cc1OC. The number of ether oxygens (including phenoxy) is 3. The van der Waals surface area contributed by atoms with Crippen LogP contribution < -0.4 is 26.0 Å². The van der Waals surface area contributed by atoms with Crippen molar-refractivity contribution in [2.45, 2.75) is 45.4 Å². The number of nitrogens with one attached hydrogen (secondary N) is 1. The lowest BCUT2D eigenvalue weighted by molar-refractivity contribution is -0.129. The Kier molecular flexibility index (Phi) is 7.26. The van der Waals surface area contributed by atoms with Gasteiger partial charge >= 0.3 is 5.69 Å². The molecule has 1 saturated heterocycles. The number of benzene rings is 1. The van der Waals surface area contributed by atoms with E-state index >= 15 is 0 Å². The minimum atomic E-state index is -0.635. The number of thiophene rings is 1. The molecule has 11 nitrogen and oxygen atoms in total. The Morgan fingerprint density at radius 3 is 2.66 bits per heavy atom. The maximum Gasteiger partial charge on any atom is 0.337 e. The summed E-state index contributed by atoms with van der Waals surface area (Å²) in [5.74, 6) is 0.415. The number of methoxy groups -OCH3 is 2. The first-order chi connectivity index (χ1) is 18.3. The van der Waals surface area contributed by atoms with Crippen LogP contribution in [-0.4, -0.2) is 65.9 Å². The molecule has 202 valence electrons. The highest BCUT2D eigenvalue weighted by Crippen LogP contribution is 2.34. The van der Waals surface area contributed by atoms with E-state index in [0.29, 0.717) is 60.1 Å². The summed E-state index contributed by atoms with van der Waals surface area (Å²) in [6, 6.07) is 4.79. The summed E-state index contributed by atoms with van der Waals surface area (Å²) in [5, 5.41) is 3.26. The normalized spacial score (nSPS) is 16.9. The molecule has 0 saturated carbocycles. The molecular weight excluding hydrogens is 512 g/mol. The molecule has 1 atom stereocenters. The Bertz CT molecular complexity index is 1520. The van der Waals surface area contributed by atoms with Gasteiger partial charge in [0.15, 0.2) is 11.5 Å². The monoisotopic (exact) mass is 542 g/mol. The van der Waals surface area contributed by atoms with Crippen LogP contribution in [-0.2, 0) is 33.8 Å². The quantitative estimate of drug-likeness (QED) is 0.480. The molecule has 1 fully saturated rings. The third-order valence-corrected chi connectivity index (χ3v) is 8.29. The van der Waals surface area contributed by atoms with Crippen molar-refractivity contribution in [2.24, 2.45) is 0 Å². The summed E-state index contributed by atoms with van der Waals surface area (Å²) in [7, 11) is 2.97. The van der Waals surface area contributed by atoms with Crippen LogP contribution in [0.3, 0.4) is 0 Å². The average Bonchev–Trinajstić information content (AvgIpc) is 3.57. The fourth-order valence-electron chi connectivity index (χ4n) is 5.04. The van der Waals surface area contributed by atoms with Crippen LogP contribution in [0.4, 0.5) is 0 Å². The molecule has 3 aromatic rings. The van der Waals surface area contributed by atoms with Gasteiger partial charge in [0, 0.05) is 37.6 Å². The number of carbonyl (C=O) groups excluding carboxylic acids is 2. The first-order valence-corrected chi connectivity index (χ1v) is 13.3. The zero-order valence-corrected chi connectivity index (χ0v) is 22.4. The van der Waals surface area contributed by atoms with Crippen molar-refractivity contribution in [2.75, 3.05) is 33.9 Å². The number of nitrogens with zero attached hydrogens (tertiary/aromatic N) is 3. The maximum atomic E-state index is 13.9. The third-order valence-electron chi connectivity index (χ3n) is 7.05. The first kappa shape index (κ1) is 26.0. The lowest BCUT2D eigenvalue weighted by Crippen LogP contribution is -2.42. The predicted octanol–water partition coefficient (Wildman–Crippen LogP) is 1.43. The lowest BCUT2D eigenvalue weighted by Gasteiger charge is -2.25. The summed E-state index contributed by atoms with van der Waals surface area (Å²) in [6.07, 6.45) is 2.27. The molecule has 0 aliphatic carbocycles. The van der Waals surface area contributed by atoms with Crippen LogP contribution in [0.5, 0.6) is 11.5 Å². The second-order valence-corrected chi connectivity index (χ2v) is 10.4. The van der Waals surface area contributed by atoms with E-state index in [9.17, 15) is 19.2 Å². The molecule has 0 unspecified atom stereocenters. The zero-order valence-electron chi connectivity index (χ0n) is 21.6. The average molecular weight is 543 g/mol. The van der Waals surface area contributed by atoms with Gasteiger partial charge in [0.1, 0.15) is 11.4 Å². The second-order valence-electron chi connectivity index (χ2n) is 9.36. The summed E-state index contributed by atoms with van der Waals surface area (Å²) >= 11 is 1.29. The van der Waals surface area contributed by atoms with Crippen molar-refractivity contribution in [1.82, 2.24) is 19.4 Å². The van der Waals surface area contributed by atoms with Gasteiger partial charge < -0.3 is 24.4 Å². The molecule has 4 heterocycles. The minimum Gasteiger partial charge on any atom is -0.493 e. The standard InChI is InChI=1S/C26H30N4O7S/c1-15(31)28-9-8-18-21(13-28)38-25-23(18)24(33)30(16-6-7-19(35-2)20(11-16)36-3)26(34)29(25)14-22(32)27-12-17-5-4-10-37-17/h6-7,11,17H,4-5,8-10,12-14H2,1-3H3,(H,27,32)/t17-/m0/s1. The summed E-state index contributed by atoms with van der Waals surface area (Å²) in [6.45, 7) is 3.13. The molecule has 2 amide bonds. The summed E-state index contributed by atoms with van der Waals surface area (Å²) in [4.78, 5) is 55.7. The minimum absolute atomic E-state index is 0.0389. The number of hydrogen-bond acceptors (Lipinski definition) is 8. The molecule has 5 rings (SSSR count). The largest absolute Gasteiger partial charge is 0.493 e. The molecule has 1 N–H and O–H groups in total. The molecule has 0 spiro atoms. The maximum absolute atomic E-state index is 13.9. The molecule has 12 heteroatoms. The van der Waals surface area contributed by atoms with Crippen LogP contribution in [0.1, 0.15) is 30.2 Å². The number of fused-ring (bicyclic) bond motifs is 3. The highest BCUT2D eigenvalue weighted by Gasteiger charge is 2.28. The van der Waals surface area contributed by atoms with Gasteiger partial charge in [0.05, 0.1) is 37.9 Å². The summed E-state index contributed by atoms with van der Waals surface area (Å²) < 4.78 is 18.7. The number of carbonyl (C=O) groups is 2. The molecule has 38 heavy (non-hydrogen) atoms. The second kappa shape index (κ2) is 10.6. The van der Waals surface area contributed by atoms with Gasteiger partial charge in [-0.1, -0.05) is 0 Å². The fraction of sp³-hybridized carbons (Fsp3) is 0.462. The van der Waals surface area contributed by atoms with E-state index in [-0.39, 0.29) is 24.5 Å². The van der Waals surface area contributed by atoms with Gasteiger partial charge in [0.25, 0.3) is 5.56 Å². The highest BCUT2D eigenvalue weighted by molar-refractivity contribution is 7.18. The van der Waals surface area contributed by atoms with Crippen LogP contribution in [0, 0.1) is 0 Å². The van der Waals surface area contributed by atoms with E-state index in [1.54, 1.807) is 23.1 Å². The third kappa shape index (κ3) is 4.69. The fourth-order valence-corrected chi connectivity index (χ4v) is 6.38. The summed E-state index contributed by atoms with van der Waals surface area (Å²) in [5.41, 5.74) is 0.00967. The Hall–Kier alpha value is -3.64. The van der Waals surface area contributed by atoms with Gasteiger partial charge in [-0.05, 0) is 37.0 Å². The Morgan fingerprint density at radius 2 is 1.97 bits per heavy atom. The van der Waals surface area contributed by atoms with Crippen LogP contribution in [0.25, 0.3) is 15.9 Å². The van der Waals surface area contributed by atoms with Gasteiger partial charge in [-0.3, -0.25) is 19.0 Å². The van der Waals surface area contributed by atoms with Gasteiger partial charge in [-0.15, -0.1) is 11.3 Å². The van der Waals surface area contributed by atoms with E-state index in [1.165, 1.54) is 37.0 Å². The highest BCUT2D eigenvalue weighted by atomic mass is 32.1. The molecule has 0 radical (unpaired) electrons. The predicted molar refractivity (Wildman–Crippen MR) is 142 cm³/mol. The number of hydrogen-bond donors (Lipinski definition) is 1. The van der Waals surface area contributed by atoms with Gasteiger partial charge in [-0.2, -0.15) is 0 Å². The number of rotatable bonds is 7. The smallest absolute Gasteiger partial charge is 0.337 e. The lowest BCUT2D eigenvalue weighted by atomic mass is 10.1. The van der Waals surface area contributed by atoms with Crippen molar-refractivity contribution in [3.63, 3.8) is 0 Å². The van der Waals surface area contributed by atoms with Crippen molar-refractivity contribution in [3.8, 4) is 17.2 Å². The van der Waals surface area contributed by atoms with E-state index in [1.807, 2.05) is 0 Å². The number of amides is 2. The molecule has 1 aromatic carbocycles. The molecule has 2 aromatic heterocycles. The van der Waals surface area contributed by atoms with Crippen LogP contribution in [0.2, 0.25) is 0 Å². The molecule has 2 aliphatic heterocycles. The van der Waals surface area contributed by atoms with Gasteiger partial charge in [-0.25, -0.2) is 9.36 Å². The van der Waals surface area contributed by atoms with Crippen molar-refractivity contribution >= 4 is 33.4 Å². The zero-order chi connectivity index (χ0) is 27.0. The van der Waals surface area contributed by atoms with E-state index in [0.717, 1.165) is 27.8 Å². The first-order valence-electron chi connectivity index (χ1n) is 12.5.